The van der Waals surface area contributed by atoms with Gasteiger partial charge in [-0.25, -0.2) is 13.6 Å². The lowest BCUT2D eigenvalue weighted by molar-refractivity contribution is 0.113. The van der Waals surface area contributed by atoms with Gasteiger partial charge in [0, 0.05) is 25.2 Å². The molecule has 2 aliphatic rings. The first-order valence-electron chi connectivity index (χ1n) is 9.68. The summed E-state index contributed by atoms with van der Waals surface area (Å²) in [6, 6.07) is 3.93. The van der Waals surface area contributed by atoms with Gasteiger partial charge in [-0.15, -0.1) is 0 Å². The van der Waals surface area contributed by atoms with Crippen molar-refractivity contribution in [2.24, 2.45) is 5.92 Å². The maximum Gasteiger partial charge on any atom is 0.317 e. The summed E-state index contributed by atoms with van der Waals surface area (Å²) in [7, 11) is 0. The molecule has 4 nitrogen and oxygen atoms in total. The van der Waals surface area contributed by atoms with Crippen molar-refractivity contribution >= 4 is 6.03 Å². The fourth-order valence-corrected chi connectivity index (χ4v) is 3.99. The Morgan fingerprint density at radius 1 is 1.12 bits per heavy atom. The van der Waals surface area contributed by atoms with Gasteiger partial charge < -0.3 is 15.3 Å². The first kappa shape index (κ1) is 19.1. The van der Waals surface area contributed by atoms with Crippen LogP contribution in [-0.2, 0) is 6.42 Å². The molecule has 2 fully saturated rings. The number of hydrogen-bond acceptors (Lipinski definition) is 2. The van der Waals surface area contributed by atoms with Gasteiger partial charge in [0.05, 0.1) is 6.10 Å². The largest absolute Gasteiger partial charge is 0.393 e. The van der Waals surface area contributed by atoms with E-state index in [2.05, 4.69) is 5.32 Å². The van der Waals surface area contributed by atoms with Crippen molar-refractivity contribution in [3.63, 3.8) is 0 Å². The van der Waals surface area contributed by atoms with Gasteiger partial charge in [0.2, 0.25) is 0 Å². The average Bonchev–Trinajstić information content (AvgIpc) is 2.63. The number of likely N-dealkylation sites (tertiary alicyclic amines) is 1. The minimum Gasteiger partial charge on any atom is -0.393 e. The third-order valence-corrected chi connectivity index (χ3v) is 5.76. The number of hydrogen-bond donors (Lipinski definition) is 2. The molecule has 1 aromatic carbocycles. The molecular formula is C20H28F2N2O2. The highest BCUT2D eigenvalue weighted by atomic mass is 19.1. The Balaban J connectivity index is 1.39. The molecule has 1 aliphatic carbocycles. The quantitative estimate of drug-likeness (QED) is 0.855. The Morgan fingerprint density at radius 2 is 1.81 bits per heavy atom. The Hall–Kier alpha value is -1.69. The number of benzene rings is 1. The lowest BCUT2D eigenvalue weighted by Crippen LogP contribution is -2.49. The first-order valence-corrected chi connectivity index (χ1v) is 9.68. The van der Waals surface area contributed by atoms with Crippen LogP contribution in [0.4, 0.5) is 13.6 Å². The molecule has 26 heavy (non-hydrogen) atoms. The Morgan fingerprint density at radius 3 is 2.46 bits per heavy atom. The van der Waals surface area contributed by atoms with Crippen LogP contribution >= 0.6 is 0 Å². The molecule has 6 heteroatoms. The Kier molecular flexibility index (Phi) is 6.46. The van der Waals surface area contributed by atoms with E-state index < -0.39 is 11.6 Å². The second kappa shape index (κ2) is 8.80. The molecular weight excluding hydrogens is 338 g/mol. The summed E-state index contributed by atoms with van der Waals surface area (Å²) < 4.78 is 26.7. The minimum absolute atomic E-state index is 0.00517. The van der Waals surface area contributed by atoms with Crippen LogP contribution in [0.3, 0.4) is 0 Å². The second-order valence-electron chi connectivity index (χ2n) is 7.66. The van der Waals surface area contributed by atoms with Crippen molar-refractivity contribution in [3.8, 4) is 0 Å². The predicted octanol–water partition coefficient (Wildman–Crippen LogP) is 3.62. The number of aliphatic hydroxyl groups is 1. The number of piperidine rings is 1. The number of carbonyl (C=O) groups excluding carboxylic acids is 1. The van der Waals surface area contributed by atoms with Crippen LogP contribution in [0.5, 0.6) is 0 Å². The zero-order chi connectivity index (χ0) is 18.5. The third-order valence-electron chi connectivity index (χ3n) is 5.76. The van der Waals surface area contributed by atoms with Crippen molar-refractivity contribution in [1.82, 2.24) is 10.2 Å². The number of aryl methyl sites for hydroxylation is 1. The van der Waals surface area contributed by atoms with Gasteiger partial charge in [0.15, 0.2) is 0 Å². The van der Waals surface area contributed by atoms with E-state index in [9.17, 15) is 18.7 Å². The summed E-state index contributed by atoms with van der Waals surface area (Å²) in [6.07, 6.45) is 6.27. The number of carbonyl (C=O) groups is 1. The first-order chi connectivity index (χ1) is 12.5. The van der Waals surface area contributed by atoms with E-state index in [-0.39, 0.29) is 18.2 Å². The highest BCUT2D eigenvalue weighted by molar-refractivity contribution is 5.74. The van der Waals surface area contributed by atoms with Crippen LogP contribution < -0.4 is 5.32 Å². The van der Waals surface area contributed by atoms with Crippen LogP contribution in [0.2, 0.25) is 0 Å². The molecule has 1 heterocycles. The van der Waals surface area contributed by atoms with E-state index in [1.807, 2.05) is 4.90 Å². The molecule has 144 valence electrons. The molecule has 1 saturated heterocycles. The number of nitrogens with one attached hydrogen (secondary N) is 1. The van der Waals surface area contributed by atoms with Crippen LogP contribution in [-0.4, -0.2) is 41.3 Å². The minimum atomic E-state index is -0.543. The fourth-order valence-electron chi connectivity index (χ4n) is 3.99. The van der Waals surface area contributed by atoms with Gasteiger partial charge in [-0.2, -0.15) is 0 Å². The van der Waals surface area contributed by atoms with E-state index in [0.717, 1.165) is 64.1 Å². The van der Waals surface area contributed by atoms with Gasteiger partial charge in [0.1, 0.15) is 11.6 Å². The van der Waals surface area contributed by atoms with Crippen LogP contribution in [0.25, 0.3) is 0 Å². The van der Waals surface area contributed by atoms with Crippen LogP contribution in [0, 0.1) is 17.6 Å². The van der Waals surface area contributed by atoms with E-state index in [1.54, 1.807) is 0 Å². The normalized spacial score (nSPS) is 24.5. The monoisotopic (exact) mass is 366 g/mol. The Labute approximate surface area is 153 Å². The summed E-state index contributed by atoms with van der Waals surface area (Å²) in [5, 5.41) is 12.6. The number of amides is 2. The summed E-state index contributed by atoms with van der Waals surface area (Å²) in [4.78, 5) is 14.2. The van der Waals surface area contributed by atoms with Gasteiger partial charge >= 0.3 is 6.03 Å². The second-order valence-corrected chi connectivity index (χ2v) is 7.66. The van der Waals surface area contributed by atoms with E-state index in [1.165, 1.54) is 12.1 Å². The standard InChI is InChI=1S/C20H28F2N2O2/c21-16-4-3-15(19(22)13-16)2-1-14-9-11-24(12-10-14)20(26)23-17-5-7-18(25)8-6-17/h3-4,13-14,17-18,25H,1-2,5-12H2,(H,23,26). The Bertz CT molecular complexity index is 610. The number of halogens is 2. The number of aliphatic hydroxyl groups excluding tert-OH is 1. The SMILES string of the molecule is O=C(NC1CCC(O)CC1)N1CCC(CCc2ccc(F)cc2F)CC1. The van der Waals surface area contributed by atoms with Crippen LogP contribution in [0.15, 0.2) is 18.2 Å². The topological polar surface area (TPSA) is 52.6 Å². The zero-order valence-electron chi connectivity index (χ0n) is 15.1. The molecule has 2 amide bonds. The van der Waals surface area contributed by atoms with Gasteiger partial charge in [-0.3, -0.25) is 0 Å². The lowest BCUT2D eigenvalue weighted by atomic mass is 9.90. The molecule has 1 saturated carbocycles. The molecule has 0 spiro atoms. The van der Waals surface area contributed by atoms with E-state index in [0.29, 0.717) is 17.9 Å². The number of nitrogens with zero attached hydrogens (tertiary/aromatic N) is 1. The zero-order valence-corrected chi connectivity index (χ0v) is 15.1. The molecule has 3 rings (SSSR count). The van der Waals surface area contributed by atoms with Crippen molar-refractivity contribution < 1.29 is 18.7 Å². The molecule has 0 aromatic heterocycles. The maximum absolute atomic E-state index is 13.7. The summed E-state index contributed by atoms with van der Waals surface area (Å²) in [6.45, 7) is 1.44. The highest BCUT2D eigenvalue weighted by Gasteiger charge is 2.26. The van der Waals surface area contributed by atoms with Crippen molar-refractivity contribution in [2.75, 3.05) is 13.1 Å². The van der Waals surface area contributed by atoms with E-state index >= 15 is 0 Å². The number of rotatable bonds is 4. The molecule has 0 atom stereocenters. The summed E-state index contributed by atoms with van der Waals surface area (Å²) in [5.41, 5.74) is 0.561. The maximum atomic E-state index is 13.7. The summed E-state index contributed by atoms with van der Waals surface area (Å²) >= 11 is 0. The molecule has 0 bridgehead atoms. The summed E-state index contributed by atoms with van der Waals surface area (Å²) in [5.74, 6) is -0.550. The molecule has 0 unspecified atom stereocenters. The van der Waals surface area contributed by atoms with Gasteiger partial charge in [0.25, 0.3) is 0 Å². The fraction of sp³-hybridized carbons (Fsp3) is 0.650. The smallest absolute Gasteiger partial charge is 0.317 e. The number of urea groups is 1. The van der Waals surface area contributed by atoms with Crippen molar-refractivity contribution in [2.45, 2.75) is 63.5 Å². The predicted molar refractivity (Wildman–Crippen MR) is 95.8 cm³/mol. The molecule has 1 aromatic rings. The van der Waals surface area contributed by atoms with E-state index in [4.69, 9.17) is 0 Å². The van der Waals surface area contributed by atoms with Gasteiger partial charge in [-0.05, 0) is 68.9 Å². The van der Waals surface area contributed by atoms with Crippen LogP contribution in [0.1, 0.15) is 50.5 Å². The molecule has 2 N–H and O–H groups in total. The molecule has 0 radical (unpaired) electrons. The molecule has 1 aliphatic heterocycles. The average molecular weight is 366 g/mol. The lowest BCUT2D eigenvalue weighted by Gasteiger charge is -2.34. The highest BCUT2D eigenvalue weighted by Crippen LogP contribution is 2.24. The third kappa shape index (κ3) is 5.16. The van der Waals surface area contributed by atoms with Crippen molar-refractivity contribution in [1.29, 1.82) is 0 Å². The van der Waals surface area contributed by atoms with Gasteiger partial charge in [-0.1, -0.05) is 6.07 Å². The van der Waals surface area contributed by atoms with Crippen molar-refractivity contribution in [3.05, 3.63) is 35.4 Å².